The molecule has 0 amide bonds. The van der Waals surface area contributed by atoms with Crippen molar-refractivity contribution in [1.29, 1.82) is 0 Å². The number of aliphatic hydroxyl groups is 1. The Morgan fingerprint density at radius 1 is 0.826 bits per heavy atom. The predicted molar refractivity (Wildman–Crippen MR) is 142 cm³/mol. The number of hydrogen-bond donors (Lipinski definition) is 2. The highest BCUT2D eigenvalue weighted by molar-refractivity contribution is 14.1. The van der Waals surface area contributed by atoms with Gasteiger partial charge in [0, 0.05) is 21.4 Å². The van der Waals surface area contributed by atoms with E-state index in [0.717, 1.165) is 19.8 Å². The van der Waals surface area contributed by atoms with Crippen molar-refractivity contribution in [3.8, 4) is 0 Å². The van der Waals surface area contributed by atoms with Gasteiger partial charge in [-0.15, -0.1) is 0 Å². The maximum absolute atomic E-state index is 10.7. The smallest absolute Gasteiger partial charge is 0.336 e. The van der Waals surface area contributed by atoms with Gasteiger partial charge >= 0.3 is 5.97 Å². The standard InChI is InChI=1S/C7H3I3O2.C7H5I3O/c8-3-1-4(7(11)12)6(10)5(9)2-3;8-5-1-4(3-11)7(10)6(9)2-5/h1-2H,(H,11,12);1-2,11H,3H2. The van der Waals surface area contributed by atoms with Crippen LogP contribution in [0.4, 0.5) is 0 Å². The fraction of sp³-hybridized carbons (Fsp3) is 0.0714. The molecular formula is C14H8I6O3. The van der Waals surface area contributed by atoms with Gasteiger partial charge in [-0.2, -0.15) is 0 Å². The van der Waals surface area contributed by atoms with Gasteiger partial charge in [-0.3, -0.25) is 0 Å². The molecule has 3 nitrogen and oxygen atoms in total. The summed E-state index contributed by atoms with van der Waals surface area (Å²) in [6.45, 7) is 0.130. The minimum atomic E-state index is -0.865. The van der Waals surface area contributed by atoms with E-state index >= 15 is 0 Å². The Hall–Kier alpha value is 2.25. The van der Waals surface area contributed by atoms with Crippen molar-refractivity contribution in [3.63, 3.8) is 0 Å². The van der Waals surface area contributed by atoms with Crippen molar-refractivity contribution >= 4 is 142 Å². The maximum atomic E-state index is 10.7. The molecule has 124 valence electrons. The Morgan fingerprint density at radius 3 is 1.78 bits per heavy atom. The number of carboxylic acid groups (broad SMARTS) is 1. The maximum Gasteiger partial charge on any atom is 0.336 e. The van der Waals surface area contributed by atoms with Gasteiger partial charge in [0.15, 0.2) is 0 Å². The number of aliphatic hydroxyl groups excluding tert-OH is 1. The Kier molecular flexibility index (Phi) is 11.3. The van der Waals surface area contributed by atoms with Gasteiger partial charge in [-0.25, -0.2) is 4.79 Å². The summed E-state index contributed by atoms with van der Waals surface area (Å²) in [6.07, 6.45) is 0. The van der Waals surface area contributed by atoms with Crippen molar-refractivity contribution in [2.45, 2.75) is 6.61 Å². The highest BCUT2D eigenvalue weighted by Gasteiger charge is 2.11. The molecule has 0 unspecified atom stereocenters. The normalized spacial score (nSPS) is 10.0. The van der Waals surface area contributed by atoms with Crippen LogP contribution in [-0.4, -0.2) is 16.2 Å². The lowest BCUT2D eigenvalue weighted by molar-refractivity contribution is 0.0695. The van der Waals surface area contributed by atoms with Crippen molar-refractivity contribution in [2.75, 3.05) is 0 Å². The fourth-order valence-corrected chi connectivity index (χ4v) is 6.27. The lowest BCUT2D eigenvalue weighted by Crippen LogP contribution is -2.01. The summed E-state index contributed by atoms with van der Waals surface area (Å²) in [5.74, 6) is -0.865. The van der Waals surface area contributed by atoms with E-state index < -0.39 is 5.97 Å². The van der Waals surface area contributed by atoms with Crippen LogP contribution in [0.5, 0.6) is 0 Å². The molecule has 0 spiro atoms. The van der Waals surface area contributed by atoms with E-state index in [0.29, 0.717) is 5.56 Å². The van der Waals surface area contributed by atoms with Crippen LogP contribution >= 0.6 is 136 Å². The molecule has 0 aliphatic carbocycles. The van der Waals surface area contributed by atoms with E-state index in [1.54, 1.807) is 6.07 Å². The highest BCUT2D eigenvalue weighted by Crippen LogP contribution is 2.23. The van der Waals surface area contributed by atoms with E-state index in [4.69, 9.17) is 10.2 Å². The van der Waals surface area contributed by atoms with Crippen molar-refractivity contribution in [3.05, 3.63) is 56.8 Å². The van der Waals surface area contributed by atoms with Gasteiger partial charge in [-0.05, 0) is 165 Å². The summed E-state index contributed by atoms with van der Waals surface area (Å²) in [6, 6.07) is 7.73. The average molecular weight is 986 g/mol. The van der Waals surface area contributed by atoms with Crippen molar-refractivity contribution < 1.29 is 15.0 Å². The van der Waals surface area contributed by atoms with E-state index in [-0.39, 0.29) is 6.61 Å². The first-order valence-corrected chi connectivity index (χ1v) is 12.3. The van der Waals surface area contributed by atoms with Gasteiger partial charge in [0.05, 0.1) is 12.2 Å². The van der Waals surface area contributed by atoms with E-state index in [1.807, 2.05) is 34.7 Å². The number of halogens is 6. The third kappa shape index (κ3) is 7.41. The molecule has 0 aliphatic heterocycles. The zero-order valence-electron chi connectivity index (χ0n) is 11.1. The Balaban J connectivity index is 0.000000231. The number of benzene rings is 2. The second kappa shape index (κ2) is 11.2. The van der Waals surface area contributed by atoms with Crippen LogP contribution in [0.2, 0.25) is 0 Å². The van der Waals surface area contributed by atoms with E-state index in [1.165, 1.54) is 7.14 Å². The molecule has 2 aromatic rings. The van der Waals surface area contributed by atoms with Crippen LogP contribution in [0.1, 0.15) is 15.9 Å². The minimum absolute atomic E-state index is 0.130. The summed E-state index contributed by atoms with van der Waals surface area (Å²) < 4.78 is 6.29. The third-order valence-electron chi connectivity index (χ3n) is 2.46. The molecule has 23 heavy (non-hydrogen) atoms. The molecule has 0 radical (unpaired) electrons. The van der Waals surface area contributed by atoms with Crippen LogP contribution in [-0.2, 0) is 6.61 Å². The van der Waals surface area contributed by atoms with Gasteiger partial charge in [0.25, 0.3) is 0 Å². The van der Waals surface area contributed by atoms with Crippen LogP contribution in [0.25, 0.3) is 0 Å². The number of carboxylic acids is 1. The summed E-state index contributed by atoms with van der Waals surface area (Å²) in [5.41, 5.74) is 1.40. The first kappa shape index (κ1) is 23.3. The minimum Gasteiger partial charge on any atom is -0.478 e. The summed E-state index contributed by atoms with van der Waals surface area (Å²) in [7, 11) is 0. The molecule has 0 bridgehead atoms. The largest absolute Gasteiger partial charge is 0.478 e. The molecule has 0 aliphatic rings. The van der Waals surface area contributed by atoms with Gasteiger partial charge in [0.2, 0.25) is 0 Å². The van der Waals surface area contributed by atoms with Crippen molar-refractivity contribution in [1.82, 2.24) is 0 Å². The van der Waals surface area contributed by atoms with Crippen LogP contribution in [0, 0.1) is 21.4 Å². The third-order valence-corrected chi connectivity index (χ3v) is 9.91. The molecular weight excluding hydrogens is 978 g/mol. The zero-order chi connectivity index (χ0) is 17.7. The monoisotopic (exact) mass is 985 g/mol. The number of carbonyl (C=O) groups is 1. The zero-order valence-corrected chi connectivity index (χ0v) is 24.0. The van der Waals surface area contributed by atoms with Gasteiger partial charge in [0.1, 0.15) is 0 Å². The molecule has 2 aromatic carbocycles. The summed E-state index contributed by atoms with van der Waals surface area (Å²) >= 11 is 13.1. The van der Waals surface area contributed by atoms with Crippen LogP contribution in [0.3, 0.4) is 0 Å². The quantitative estimate of drug-likeness (QED) is 0.279. The SMILES string of the molecule is O=C(O)c1cc(I)cc(I)c1I.OCc1cc(I)cc(I)c1I. The predicted octanol–water partition coefficient (Wildman–Crippen LogP) is 6.19. The second-order valence-electron chi connectivity index (χ2n) is 4.07. The summed E-state index contributed by atoms with van der Waals surface area (Å²) in [4.78, 5) is 10.7. The lowest BCUT2D eigenvalue weighted by atomic mass is 10.2. The molecule has 0 heterocycles. The molecule has 0 aromatic heterocycles. The molecule has 2 rings (SSSR count). The average Bonchev–Trinajstić information content (AvgIpc) is 2.47. The topological polar surface area (TPSA) is 57.5 Å². The number of hydrogen-bond acceptors (Lipinski definition) is 2. The molecule has 9 heteroatoms. The Morgan fingerprint density at radius 2 is 1.30 bits per heavy atom. The first-order valence-electron chi connectivity index (χ1n) is 5.79. The Bertz CT molecular complexity index is 733. The van der Waals surface area contributed by atoms with Crippen LogP contribution in [0.15, 0.2) is 24.3 Å². The molecule has 2 N–H and O–H groups in total. The van der Waals surface area contributed by atoms with Gasteiger partial charge < -0.3 is 10.2 Å². The van der Waals surface area contributed by atoms with Gasteiger partial charge in [-0.1, -0.05) is 0 Å². The molecule has 0 saturated heterocycles. The molecule has 0 atom stereocenters. The fourth-order valence-electron chi connectivity index (χ4n) is 1.44. The number of rotatable bonds is 2. The second-order valence-corrected chi connectivity index (χ2v) is 11.0. The highest BCUT2D eigenvalue weighted by atomic mass is 127. The van der Waals surface area contributed by atoms with Crippen LogP contribution < -0.4 is 0 Å². The van der Waals surface area contributed by atoms with Crippen molar-refractivity contribution in [2.24, 2.45) is 0 Å². The lowest BCUT2D eigenvalue weighted by Gasteiger charge is -2.03. The number of aromatic carboxylic acids is 1. The first-order chi connectivity index (χ1) is 10.7. The summed E-state index contributed by atoms with van der Waals surface area (Å²) in [5, 5.41) is 17.8. The Labute approximate surface area is 216 Å². The van der Waals surface area contributed by atoms with E-state index in [2.05, 4.69) is 119 Å². The van der Waals surface area contributed by atoms with E-state index in [9.17, 15) is 4.79 Å². The molecule has 0 fully saturated rings. The molecule has 0 saturated carbocycles.